The van der Waals surface area contributed by atoms with Gasteiger partial charge in [-0.25, -0.2) is 0 Å². The first-order chi connectivity index (χ1) is 14.9. The van der Waals surface area contributed by atoms with Gasteiger partial charge in [-0.05, 0) is 30.0 Å². The predicted octanol–water partition coefficient (Wildman–Crippen LogP) is 7.62. The van der Waals surface area contributed by atoms with Gasteiger partial charge in [0.1, 0.15) is 16.9 Å². The summed E-state index contributed by atoms with van der Waals surface area (Å²) < 4.78 is 12.8. The highest BCUT2D eigenvalue weighted by molar-refractivity contribution is 6.26. The molecule has 30 heavy (non-hydrogen) atoms. The number of hydrogen-bond donors (Lipinski definition) is 0. The van der Waals surface area contributed by atoms with E-state index in [2.05, 4.69) is 60.3 Å². The molecule has 0 bridgehead atoms. The number of rotatable bonds is 0. The molecule has 0 N–H and O–H groups in total. The number of allylic oxidation sites excluding steroid dienone is 2. The van der Waals surface area contributed by atoms with Crippen LogP contribution in [0.1, 0.15) is 12.0 Å². The molecule has 0 unspecified atom stereocenters. The van der Waals surface area contributed by atoms with E-state index in [1.165, 1.54) is 16.5 Å². The normalized spacial score (nSPS) is 14.5. The number of furan rings is 1. The van der Waals surface area contributed by atoms with Crippen molar-refractivity contribution in [3.8, 4) is 16.9 Å². The van der Waals surface area contributed by atoms with Gasteiger partial charge in [0.2, 0.25) is 0 Å². The van der Waals surface area contributed by atoms with Crippen LogP contribution in [0.2, 0.25) is 0 Å². The van der Waals surface area contributed by atoms with Crippen LogP contribution in [-0.4, -0.2) is 0 Å². The molecule has 2 heterocycles. The minimum Gasteiger partial charge on any atom is -0.455 e. The van der Waals surface area contributed by atoms with Crippen molar-refractivity contribution in [3.05, 3.63) is 102 Å². The van der Waals surface area contributed by atoms with Gasteiger partial charge in [0.05, 0.1) is 0 Å². The van der Waals surface area contributed by atoms with Crippen molar-refractivity contribution in [2.45, 2.75) is 6.42 Å². The quantitative estimate of drug-likeness (QED) is 0.256. The fourth-order valence-corrected chi connectivity index (χ4v) is 4.86. The Balaban J connectivity index is 1.84. The summed E-state index contributed by atoms with van der Waals surface area (Å²) in [5.41, 5.74) is 9.76. The number of para-hydroxylation sites is 2. The largest absolute Gasteiger partial charge is 0.455 e. The first-order valence-corrected chi connectivity index (χ1v) is 10.2. The number of benzene rings is 4. The minimum absolute atomic E-state index is 0.782. The number of hydrogen-bond acceptors (Lipinski definition) is 2. The van der Waals surface area contributed by atoms with E-state index in [9.17, 15) is 0 Å². The lowest BCUT2D eigenvalue weighted by atomic mass is 9.85. The Morgan fingerprint density at radius 3 is 2.43 bits per heavy atom. The lowest BCUT2D eigenvalue weighted by molar-refractivity contribution is 0.453. The van der Waals surface area contributed by atoms with Crippen molar-refractivity contribution in [2.24, 2.45) is 0 Å². The second kappa shape index (κ2) is 5.76. The summed E-state index contributed by atoms with van der Waals surface area (Å²) in [5, 5.41) is 4.57. The Hall–Kier alpha value is -4.00. The molecular weight excluding hydrogens is 368 g/mol. The standard InChI is InChI=1S/C28H16O2/c1-2-10-18-17(9-1)25-19-11-3-6-14-22(19)29-23-15-7-4-12-20(23)26(25)27-21-13-5-8-16-24(21)30-28(18)27/h1-2,4-13,15-16H,3H2. The minimum atomic E-state index is 0.782. The lowest BCUT2D eigenvalue weighted by Crippen LogP contribution is -1.99. The smallest absolute Gasteiger partial charge is 0.176 e. The summed E-state index contributed by atoms with van der Waals surface area (Å²) in [6, 6.07) is 25.1. The maximum atomic E-state index is 6.43. The highest BCUT2D eigenvalue weighted by Crippen LogP contribution is 2.51. The zero-order chi connectivity index (χ0) is 19.7. The first-order valence-electron chi connectivity index (χ1n) is 10.2. The lowest BCUT2D eigenvalue weighted by Gasteiger charge is -2.16. The topological polar surface area (TPSA) is 22.4 Å². The molecule has 7 rings (SSSR count). The summed E-state index contributed by atoms with van der Waals surface area (Å²) >= 11 is 0. The van der Waals surface area contributed by atoms with Crippen molar-refractivity contribution in [3.63, 3.8) is 0 Å². The van der Waals surface area contributed by atoms with Crippen LogP contribution >= 0.6 is 0 Å². The summed E-state index contributed by atoms with van der Waals surface area (Å²) in [7, 11) is 0. The van der Waals surface area contributed by atoms with Gasteiger partial charge >= 0.3 is 0 Å². The van der Waals surface area contributed by atoms with Crippen LogP contribution in [0.15, 0.2) is 101 Å². The average molecular weight is 384 g/mol. The Morgan fingerprint density at radius 1 is 0.733 bits per heavy atom. The third kappa shape index (κ3) is 1.98. The molecule has 0 saturated heterocycles. The highest BCUT2D eigenvalue weighted by Gasteiger charge is 2.29. The molecule has 0 spiro atoms. The van der Waals surface area contributed by atoms with E-state index in [-0.39, 0.29) is 0 Å². The molecule has 0 saturated carbocycles. The molecule has 140 valence electrons. The second-order valence-corrected chi connectivity index (χ2v) is 7.73. The molecule has 5 aromatic rings. The summed E-state index contributed by atoms with van der Waals surface area (Å²) in [4.78, 5) is 0. The second-order valence-electron chi connectivity index (χ2n) is 7.73. The van der Waals surface area contributed by atoms with E-state index < -0.39 is 0 Å². The molecule has 2 nitrogen and oxygen atoms in total. The first kappa shape index (κ1) is 15.9. The van der Waals surface area contributed by atoms with Gasteiger partial charge in [-0.1, -0.05) is 72.5 Å². The van der Waals surface area contributed by atoms with Crippen molar-refractivity contribution in [1.82, 2.24) is 0 Å². The molecule has 0 fully saturated rings. The van der Waals surface area contributed by atoms with Crippen LogP contribution in [0.4, 0.5) is 0 Å². The fourth-order valence-electron chi connectivity index (χ4n) is 4.86. The van der Waals surface area contributed by atoms with E-state index in [0.717, 1.165) is 56.4 Å². The van der Waals surface area contributed by atoms with Crippen LogP contribution in [-0.2, 0) is 0 Å². The van der Waals surface area contributed by atoms with Gasteiger partial charge in [-0.2, -0.15) is 0 Å². The number of ether oxygens (including phenoxy) is 1. The molecule has 0 amide bonds. The zero-order valence-corrected chi connectivity index (χ0v) is 16.1. The number of fused-ring (bicyclic) bond motifs is 12. The van der Waals surface area contributed by atoms with Gasteiger partial charge in [-0.3, -0.25) is 0 Å². The van der Waals surface area contributed by atoms with E-state index in [1.807, 2.05) is 30.3 Å². The average Bonchev–Trinajstić information content (AvgIpc) is 3.12. The SMILES string of the molecule is C1=CCC=C2C=1Oc1ccccc1-c1c2c2ccccc2c2oc3ccccc3c12. The van der Waals surface area contributed by atoms with Crippen LogP contribution in [0.25, 0.3) is 49.4 Å². The van der Waals surface area contributed by atoms with E-state index in [4.69, 9.17) is 9.15 Å². The maximum Gasteiger partial charge on any atom is 0.176 e. The molecule has 1 aliphatic heterocycles. The molecule has 0 radical (unpaired) electrons. The third-order valence-corrected chi connectivity index (χ3v) is 6.09. The molecule has 4 aromatic carbocycles. The van der Waals surface area contributed by atoms with Crippen LogP contribution in [0.5, 0.6) is 5.75 Å². The highest BCUT2D eigenvalue weighted by atomic mass is 16.5. The predicted molar refractivity (Wildman–Crippen MR) is 121 cm³/mol. The van der Waals surface area contributed by atoms with E-state index in [0.29, 0.717) is 0 Å². The van der Waals surface area contributed by atoms with Gasteiger partial charge < -0.3 is 9.15 Å². The van der Waals surface area contributed by atoms with Crippen molar-refractivity contribution in [2.75, 3.05) is 0 Å². The van der Waals surface area contributed by atoms with Crippen LogP contribution in [0.3, 0.4) is 0 Å². The van der Waals surface area contributed by atoms with Gasteiger partial charge in [0.15, 0.2) is 5.76 Å². The fraction of sp³-hybridized carbons (Fsp3) is 0.0357. The van der Waals surface area contributed by atoms with Gasteiger partial charge in [0, 0.05) is 38.4 Å². The monoisotopic (exact) mass is 384 g/mol. The Kier molecular flexibility index (Phi) is 3.05. The molecule has 2 aliphatic rings. The van der Waals surface area contributed by atoms with Crippen molar-refractivity contribution < 1.29 is 9.15 Å². The molecule has 1 aliphatic carbocycles. The summed E-state index contributed by atoms with van der Waals surface area (Å²) in [5.74, 6) is 1.63. The Bertz CT molecular complexity index is 1620. The summed E-state index contributed by atoms with van der Waals surface area (Å²) in [6.45, 7) is 0. The van der Waals surface area contributed by atoms with Gasteiger partial charge in [-0.15, -0.1) is 0 Å². The van der Waals surface area contributed by atoms with Crippen molar-refractivity contribution >= 4 is 38.3 Å². The van der Waals surface area contributed by atoms with Crippen LogP contribution < -0.4 is 4.74 Å². The third-order valence-electron chi connectivity index (χ3n) is 6.09. The molecule has 0 atom stereocenters. The van der Waals surface area contributed by atoms with Crippen LogP contribution in [0, 0.1) is 0 Å². The Labute approximate surface area is 173 Å². The van der Waals surface area contributed by atoms with Gasteiger partial charge in [0.25, 0.3) is 0 Å². The zero-order valence-electron chi connectivity index (χ0n) is 16.1. The van der Waals surface area contributed by atoms with Crippen molar-refractivity contribution in [1.29, 1.82) is 0 Å². The van der Waals surface area contributed by atoms with E-state index >= 15 is 0 Å². The summed E-state index contributed by atoms with van der Waals surface area (Å²) in [6.07, 6.45) is 5.12. The maximum absolute atomic E-state index is 6.43. The molecule has 2 heteroatoms. The molecule has 1 aromatic heterocycles. The molecular formula is C28H16O2. The van der Waals surface area contributed by atoms with E-state index in [1.54, 1.807) is 0 Å². The Morgan fingerprint density at radius 2 is 1.50 bits per heavy atom.